The summed E-state index contributed by atoms with van der Waals surface area (Å²) in [5.41, 5.74) is -0.580. The molecule has 0 bridgehead atoms. The zero-order valence-electron chi connectivity index (χ0n) is 17.8. The number of imide groups is 1. The van der Waals surface area contributed by atoms with Gasteiger partial charge in [0.15, 0.2) is 0 Å². The third-order valence-electron chi connectivity index (χ3n) is 7.08. The van der Waals surface area contributed by atoms with Gasteiger partial charge in [0.1, 0.15) is 12.1 Å². The molecule has 4 amide bonds. The molecule has 158 valence electrons. The molecule has 0 aromatic carbocycles. The second kappa shape index (κ2) is 8.42. The van der Waals surface area contributed by atoms with Gasteiger partial charge in [0, 0.05) is 6.04 Å². The number of amides is 4. The first-order valence-corrected chi connectivity index (χ1v) is 11.1. The van der Waals surface area contributed by atoms with Gasteiger partial charge in [-0.15, -0.1) is 0 Å². The molecule has 3 rings (SSSR count). The zero-order valence-corrected chi connectivity index (χ0v) is 17.8. The standard InChI is InChI=1S/C22H37N3O3/c1-21(2,3)16-11-13-22(14-12-16)19(27)25(20(28)24-22)15-18(26)23-17-9-7-5-4-6-8-10-17/h16-17H,4-15H2,1-3H3,(H,23,26)(H,24,28). The number of hydrogen-bond donors (Lipinski definition) is 2. The molecule has 3 aliphatic rings. The summed E-state index contributed by atoms with van der Waals surface area (Å²) in [5.74, 6) is 0.131. The van der Waals surface area contributed by atoms with Crippen LogP contribution in [0.5, 0.6) is 0 Å². The number of rotatable bonds is 3. The normalized spacial score (nSPS) is 30.1. The monoisotopic (exact) mass is 391 g/mol. The van der Waals surface area contributed by atoms with Crippen LogP contribution in [0.1, 0.15) is 91.4 Å². The number of carbonyl (C=O) groups is 3. The van der Waals surface area contributed by atoms with E-state index >= 15 is 0 Å². The Morgan fingerprint density at radius 2 is 1.61 bits per heavy atom. The fraction of sp³-hybridized carbons (Fsp3) is 0.864. The number of nitrogens with one attached hydrogen (secondary N) is 2. The summed E-state index contributed by atoms with van der Waals surface area (Å²) in [6.07, 6.45) is 11.2. The van der Waals surface area contributed by atoms with Gasteiger partial charge in [0.05, 0.1) is 0 Å². The molecule has 1 spiro atoms. The van der Waals surface area contributed by atoms with Gasteiger partial charge >= 0.3 is 6.03 Å². The third-order valence-corrected chi connectivity index (χ3v) is 7.08. The van der Waals surface area contributed by atoms with Crippen LogP contribution >= 0.6 is 0 Å². The summed E-state index contributed by atoms with van der Waals surface area (Å²) >= 11 is 0. The number of urea groups is 1. The molecule has 1 heterocycles. The first-order valence-electron chi connectivity index (χ1n) is 11.1. The highest BCUT2D eigenvalue weighted by Gasteiger charge is 2.53. The van der Waals surface area contributed by atoms with Gasteiger partial charge in [-0.2, -0.15) is 0 Å². The largest absolute Gasteiger partial charge is 0.352 e. The smallest absolute Gasteiger partial charge is 0.325 e. The lowest BCUT2D eigenvalue weighted by atomic mass is 9.67. The van der Waals surface area contributed by atoms with Crippen molar-refractivity contribution in [3.05, 3.63) is 0 Å². The first-order chi connectivity index (χ1) is 13.2. The minimum Gasteiger partial charge on any atom is -0.352 e. The average Bonchev–Trinajstić information content (AvgIpc) is 2.81. The molecule has 1 saturated heterocycles. The molecule has 2 aliphatic carbocycles. The predicted molar refractivity (Wildman–Crippen MR) is 109 cm³/mol. The number of nitrogens with zero attached hydrogens (tertiary/aromatic N) is 1. The van der Waals surface area contributed by atoms with Crippen LogP contribution in [0.2, 0.25) is 0 Å². The van der Waals surface area contributed by atoms with Gasteiger partial charge in [-0.05, 0) is 49.9 Å². The van der Waals surface area contributed by atoms with Gasteiger partial charge < -0.3 is 10.6 Å². The van der Waals surface area contributed by atoms with Crippen LogP contribution in [-0.2, 0) is 9.59 Å². The van der Waals surface area contributed by atoms with E-state index in [1.54, 1.807) is 0 Å². The summed E-state index contributed by atoms with van der Waals surface area (Å²) in [4.78, 5) is 39.2. The topological polar surface area (TPSA) is 78.5 Å². The van der Waals surface area contributed by atoms with E-state index in [2.05, 4.69) is 31.4 Å². The predicted octanol–water partition coefficient (Wildman–Crippen LogP) is 3.74. The molecule has 0 aromatic heterocycles. The summed E-state index contributed by atoms with van der Waals surface area (Å²) in [6, 6.07) is -0.239. The average molecular weight is 392 g/mol. The quantitative estimate of drug-likeness (QED) is 0.719. The van der Waals surface area contributed by atoms with E-state index in [0.29, 0.717) is 18.8 Å². The van der Waals surface area contributed by atoms with Crippen molar-refractivity contribution in [1.82, 2.24) is 15.5 Å². The summed E-state index contributed by atoms with van der Waals surface area (Å²) < 4.78 is 0. The van der Waals surface area contributed by atoms with Crippen LogP contribution in [0.4, 0.5) is 4.79 Å². The third kappa shape index (κ3) is 4.69. The molecular formula is C22H37N3O3. The summed E-state index contributed by atoms with van der Waals surface area (Å²) in [7, 11) is 0. The molecule has 0 aromatic rings. The van der Waals surface area contributed by atoms with Crippen molar-refractivity contribution in [2.75, 3.05) is 6.54 Å². The molecule has 2 saturated carbocycles. The molecule has 3 fully saturated rings. The summed E-state index contributed by atoms with van der Waals surface area (Å²) in [6.45, 7) is 6.54. The first kappa shape index (κ1) is 21.1. The highest BCUT2D eigenvalue weighted by atomic mass is 16.2. The van der Waals surface area contributed by atoms with E-state index in [4.69, 9.17) is 0 Å². The van der Waals surface area contributed by atoms with E-state index in [-0.39, 0.29) is 29.8 Å². The van der Waals surface area contributed by atoms with Gasteiger partial charge in [0.2, 0.25) is 5.91 Å². The number of carbonyl (C=O) groups excluding carboxylic acids is 3. The van der Waals surface area contributed by atoms with E-state index in [1.807, 2.05) is 0 Å². The highest BCUT2D eigenvalue weighted by Crippen LogP contribution is 2.43. The molecule has 6 heteroatoms. The molecular weight excluding hydrogens is 354 g/mol. The highest BCUT2D eigenvalue weighted by molar-refractivity contribution is 6.09. The van der Waals surface area contributed by atoms with Crippen molar-refractivity contribution in [1.29, 1.82) is 0 Å². The molecule has 2 N–H and O–H groups in total. The summed E-state index contributed by atoms with van der Waals surface area (Å²) in [5, 5.41) is 5.99. The van der Waals surface area contributed by atoms with E-state index < -0.39 is 11.6 Å². The number of hydrogen-bond acceptors (Lipinski definition) is 3. The van der Waals surface area contributed by atoms with Crippen LogP contribution in [0.25, 0.3) is 0 Å². The Bertz CT molecular complexity index is 595. The van der Waals surface area contributed by atoms with Crippen LogP contribution in [0.15, 0.2) is 0 Å². The fourth-order valence-electron chi connectivity index (χ4n) is 5.15. The zero-order chi connectivity index (χ0) is 20.4. The lowest BCUT2D eigenvalue weighted by Gasteiger charge is -2.40. The van der Waals surface area contributed by atoms with Crippen molar-refractivity contribution < 1.29 is 14.4 Å². The van der Waals surface area contributed by atoms with E-state index in [9.17, 15) is 14.4 Å². The second-order valence-corrected chi connectivity index (χ2v) is 10.2. The van der Waals surface area contributed by atoms with Crippen LogP contribution < -0.4 is 10.6 Å². The van der Waals surface area contributed by atoms with E-state index in [0.717, 1.165) is 43.4 Å². The van der Waals surface area contributed by atoms with Crippen LogP contribution in [0, 0.1) is 11.3 Å². The Kier molecular flexibility index (Phi) is 6.35. The van der Waals surface area contributed by atoms with Crippen LogP contribution in [-0.4, -0.2) is 40.9 Å². The minimum absolute atomic E-state index is 0.161. The van der Waals surface area contributed by atoms with Gasteiger partial charge in [0.25, 0.3) is 5.91 Å². The van der Waals surface area contributed by atoms with Crippen LogP contribution in [0.3, 0.4) is 0 Å². The van der Waals surface area contributed by atoms with Crippen molar-refractivity contribution in [3.8, 4) is 0 Å². The van der Waals surface area contributed by atoms with Gasteiger partial charge in [-0.1, -0.05) is 52.9 Å². The maximum atomic E-state index is 13.0. The maximum Gasteiger partial charge on any atom is 0.325 e. The lowest BCUT2D eigenvalue weighted by molar-refractivity contribution is -0.136. The lowest BCUT2D eigenvalue weighted by Crippen LogP contribution is -2.51. The SMILES string of the molecule is CC(C)(C)C1CCC2(CC1)NC(=O)N(CC(=O)NC1CCCCCCC1)C2=O. The van der Waals surface area contributed by atoms with Crippen molar-refractivity contribution in [2.24, 2.45) is 11.3 Å². The molecule has 1 aliphatic heterocycles. The van der Waals surface area contributed by atoms with E-state index in [1.165, 1.54) is 19.3 Å². The molecule has 0 atom stereocenters. The maximum absolute atomic E-state index is 13.0. The van der Waals surface area contributed by atoms with Crippen molar-refractivity contribution in [2.45, 2.75) is 103 Å². The van der Waals surface area contributed by atoms with Gasteiger partial charge in [-0.25, -0.2) is 4.79 Å². The molecule has 0 unspecified atom stereocenters. The van der Waals surface area contributed by atoms with Crippen molar-refractivity contribution in [3.63, 3.8) is 0 Å². The Balaban J connectivity index is 1.56. The Morgan fingerprint density at radius 1 is 1.04 bits per heavy atom. The Labute approximate surface area is 169 Å². The Hall–Kier alpha value is -1.59. The molecule has 6 nitrogen and oxygen atoms in total. The fourth-order valence-corrected chi connectivity index (χ4v) is 5.15. The minimum atomic E-state index is -0.792. The Morgan fingerprint density at radius 3 is 2.18 bits per heavy atom. The molecule has 28 heavy (non-hydrogen) atoms. The van der Waals surface area contributed by atoms with Gasteiger partial charge in [-0.3, -0.25) is 14.5 Å². The van der Waals surface area contributed by atoms with Crippen molar-refractivity contribution >= 4 is 17.8 Å². The second-order valence-electron chi connectivity index (χ2n) is 10.2. The molecule has 0 radical (unpaired) electrons.